The highest BCUT2D eigenvalue weighted by Crippen LogP contribution is 2.23. The Balaban J connectivity index is 1.78. The van der Waals surface area contributed by atoms with Crippen molar-refractivity contribution in [2.45, 2.75) is 0 Å². The standard InChI is InChI=1S/C14H8ClFN4OS/c15-9-5-8(1-2-10(9)16)19-13(21)12-7-22-14(20-12)11-6-17-3-4-18-11/h1-7H,(H,19,21). The number of nitrogens with one attached hydrogen (secondary N) is 1. The second kappa shape index (κ2) is 6.17. The molecule has 2 aromatic heterocycles. The number of carbonyl (C=O) groups excluding carboxylic acids is 1. The predicted octanol–water partition coefficient (Wildman–Crippen LogP) is 3.64. The smallest absolute Gasteiger partial charge is 0.275 e. The van der Waals surface area contributed by atoms with Gasteiger partial charge in [0.15, 0.2) is 0 Å². The molecule has 5 nitrogen and oxygen atoms in total. The number of hydrogen-bond donors (Lipinski definition) is 1. The highest BCUT2D eigenvalue weighted by atomic mass is 35.5. The zero-order valence-corrected chi connectivity index (χ0v) is 12.5. The number of nitrogens with zero attached hydrogens (tertiary/aromatic N) is 3. The number of benzene rings is 1. The molecule has 2 heterocycles. The number of halogens is 2. The van der Waals surface area contributed by atoms with Crippen LogP contribution in [0.5, 0.6) is 0 Å². The quantitative estimate of drug-likeness (QED) is 0.794. The third-order valence-electron chi connectivity index (χ3n) is 2.70. The molecule has 0 atom stereocenters. The maximum Gasteiger partial charge on any atom is 0.275 e. The van der Waals surface area contributed by atoms with E-state index in [1.54, 1.807) is 24.0 Å². The molecule has 0 aliphatic heterocycles. The van der Waals surface area contributed by atoms with E-state index in [0.29, 0.717) is 16.4 Å². The van der Waals surface area contributed by atoms with Crippen LogP contribution >= 0.6 is 22.9 Å². The minimum absolute atomic E-state index is 0.0590. The maximum absolute atomic E-state index is 13.1. The molecule has 22 heavy (non-hydrogen) atoms. The molecule has 0 saturated heterocycles. The third-order valence-corrected chi connectivity index (χ3v) is 3.85. The van der Waals surface area contributed by atoms with Crippen LogP contribution in [0, 0.1) is 5.82 Å². The zero-order valence-electron chi connectivity index (χ0n) is 11.0. The van der Waals surface area contributed by atoms with Crippen LogP contribution < -0.4 is 5.32 Å². The lowest BCUT2D eigenvalue weighted by atomic mass is 10.3. The first-order valence-corrected chi connectivity index (χ1v) is 7.37. The molecule has 110 valence electrons. The van der Waals surface area contributed by atoms with Crippen LogP contribution in [0.3, 0.4) is 0 Å². The highest BCUT2D eigenvalue weighted by Gasteiger charge is 2.13. The van der Waals surface area contributed by atoms with Crippen molar-refractivity contribution in [3.63, 3.8) is 0 Å². The van der Waals surface area contributed by atoms with Crippen molar-refractivity contribution in [3.8, 4) is 10.7 Å². The maximum atomic E-state index is 13.1. The lowest BCUT2D eigenvalue weighted by Gasteiger charge is -2.03. The Morgan fingerprint density at radius 3 is 2.91 bits per heavy atom. The van der Waals surface area contributed by atoms with Crippen molar-refractivity contribution in [1.82, 2.24) is 15.0 Å². The number of amides is 1. The predicted molar refractivity (Wildman–Crippen MR) is 82.5 cm³/mol. The molecule has 1 N–H and O–H groups in total. The molecule has 1 aromatic carbocycles. The number of thiazole rings is 1. The molecule has 8 heteroatoms. The van der Waals surface area contributed by atoms with Crippen molar-refractivity contribution in [2.75, 3.05) is 5.32 Å². The topological polar surface area (TPSA) is 67.8 Å². The summed E-state index contributed by atoms with van der Waals surface area (Å²) < 4.78 is 13.1. The lowest BCUT2D eigenvalue weighted by molar-refractivity contribution is 0.102. The van der Waals surface area contributed by atoms with Gasteiger partial charge in [-0.15, -0.1) is 11.3 Å². The van der Waals surface area contributed by atoms with Crippen molar-refractivity contribution in [3.05, 3.63) is 58.7 Å². The second-order valence-corrected chi connectivity index (χ2v) is 5.48. The van der Waals surface area contributed by atoms with Crippen LogP contribution in [0.15, 0.2) is 42.2 Å². The fraction of sp³-hybridized carbons (Fsp3) is 0. The van der Waals surface area contributed by atoms with Crippen LogP contribution in [0.4, 0.5) is 10.1 Å². The van der Waals surface area contributed by atoms with E-state index in [-0.39, 0.29) is 10.7 Å². The van der Waals surface area contributed by atoms with Gasteiger partial charge in [-0.25, -0.2) is 9.37 Å². The van der Waals surface area contributed by atoms with Gasteiger partial charge in [0.25, 0.3) is 5.91 Å². The Kier molecular flexibility index (Phi) is 4.08. The van der Waals surface area contributed by atoms with Crippen molar-refractivity contribution < 1.29 is 9.18 Å². The van der Waals surface area contributed by atoms with E-state index in [0.717, 1.165) is 0 Å². The summed E-state index contributed by atoms with van der Waals surface area (Å²) in [7, 11) is 0. The fourth-order valence-electron chi connectivity index (χ4n) is 1.67. The van der Waals surface area contributed by atoms with Crippen molar-refractivity contribution in [1.29, 1.82) is 0 Å². The summed E-state index contributed by atoms with van der Waals surface area (Å²) in [5, 5.41) is 4.76. The molecule has 0 spiro atoms. The van der Waals surface area contributed by atoms with E-state index < -0.39 is 11.7 Å². The molecule has 0 saturated carbocycles. The number of rotatable bonds is 3. The van der Waals surface area contributed by atoms with Gasteiger partial charge in [0.05, 0.1) is 11.2 Å². The fourth-order valence-corrected chi connectivity index (χ4v) is 2.61. The largest absolute Gasteiger partial charge is 0.321 e. The molecule has 0 unspecified atom stereocenters. The number of aromatic nitrogens is 3. The van der Waals surface area contributed by atoms with E-state index in [1.165, 1.54) is 29.5 Å². The minimum atomic E-state index is -0.543. The Labute approximate surface area is 133 Å². The van der Waals surface area contributed by atoms with Gasteiger partial charge in [0, 0.05) is 23.5 Å². The summed E-state index contributed by atoms with van der Waals surface area (Å²) in [6, 6.07) is 3.95. The Morgan fingerprint density at radius 1 is 1.32 bits per heavy atom. The summed E-state index contributed by atoms with van der Waals surface area (Å²) in [6.45, 7) is 0. The first-order chi connectivity index (χ1) is 10.6. The van der Waals surface area contributed by atoms with E-state index in [4.69, 9.17) is 11.6 Å². The molecule has 0 aliphatic rings. The zero-order chi connectivity index (χ0) is 15.5. The van der Waals surface area contributed by atoms with Gasteiger partial charge in [-0.3, -0.25) is 14.8 Å². The SMILES string of the molecule is O=C(Nc1ccc(F)c(Cl)c1)c1csc(-c2cnccn2)n1. The summed E-state index contributed by atoms with van der Waals surface area (Å²) >= 11 is 6.96. The van der Waals surface area contributed by atoms with Gasteiger partial charge >= 0.3 is 0 Å². The van der Waals surface area contributed by atoms with Gasteiger partial charge in [-0.05, 0) is 18.2 Å². The van der Waals surface area contributed by atoms with Gasteiger partial charge in [0.1, 0.15) is 22.2 Å². The summed E-state index contributed by atoms with van der Waals surface area (Å²) in [5.41, 5.74) is 1.23. The second-order valence-electron chi connectivity index (χ2n) is 4.21. The molecule has 1 amide bonds. The van der Waals surface area contributed by atoms with E-state index in [2.05, 4.69) is 20.3 Å². The van der Waals surface area contributed by atoms with Gasteiger partial charge in [0.2, 0.25) is 0 Å². The van der Waals surface area contributed by atoms with Crippen LogP contribution in [-0.4, -0.2) is 20.9 Å². The summed E-state index contributed by atoms with van der Waals surface area (Å²) in [4.78, 5) is 24.4. The Bertz CT molecular complexity index is 825. The van der Waals surface area contributed by atoms with Crippen LogP contribution in [-0.2, 0) is 0 Å². The highest BCUT2D eigenvalue weighted by molar-refractivity contribution is 7.13. The lowest BCUT2D eigenvalue weighted by Crippen LogP contribution is -2.12. The monoisotopic (exact) mass is 334 g/mol. The van der Waals surface area contributed by atoms with E-state index >= 15 is 0 Å². The first kappa shape index (κ1) is 14.6. The molecule has 0 fully saturated rings. The van der Waals surface area contributed by atoms with E-state index in [1.807, 2.05) is 0 Å². The molecule has 3 rings (SSSR count). The van der Waals surface area contributed by atoms with Gasteiger partial charge < -0.3 is 5.32 Å². The molecule has 0 radical (unpaired) electrons. The first-order valence-electron chi connectivity index (χ1n) is 6.12. The normalized spacial score (nSPS) is 10.5. The molecular weight excluding hydrogens is 327 g/mol. The van der Waals surface area contributed by atoms with Crippen LogP contribution in [0.25, 0.3) is 10.7 Å². The van der Waals surface area contributed by atoms with Crippen LogP contribution in [0.2, 0.25) is 5.02 Å². The number of anilines is 1. The molecular formula is C14H8ClFN4OS. The van der Waals surface area contributed by atoms with Gasteiger partial charge in [-0.1, -0.05) is 11.6 Å². The minimum Gasteiger partial charge on any atom is -0.321 e. The van der Waals surface area contributed by atoms with Gasteiger partial charge in [-0.2, -0.15) is 0 Å². The third kappa shape index (κ3) is 3.10. The average Bonchev–Trinajstić information content (AvgIpc) is 3.02. The summed E-state index contributed by atoms with van der Waals surface area (Å²) in [6.07, 6.45) is 4.68. The number of carbonyl (C=O) groups is 1. The molecule has 3 aromatic rings. The van der Waals surface area contributed by atoms with E-state index in [9.17, 15) is 9.18 Å². The average molecular weight is 335 g/mol. The Hall–Kier alpha value is -2.38. The van der Waals surface area contributed by atoms with Crippen molar-refractivity contribution >= 4 is 34.5 Å². The summed E-state index contributed by atoms with van der Waals surface area (Å²) in [5.74, 6) is -0.952. The van der Waals surface area contributed by atoms with Crippen molar-refractivity contribution in [2.24, 2.45) is 0 Å². The molecule has 0 bridgehead atoms. The van der Waals surface area contributed by atoms with Crippen LogP contribution in [0.1, 0.15) is 10.5 Å². The molecule has 0 aliphatic carbocycles. The Morgan fingerprint density at radius 2 is 2.18 bits per heavy atom. The number of hydrogen-bond acceptors (Lipinski definition) is 5.